The molecule has 0 aromatic carbocycles. The minimum Gasteiger partial charge on any atom is -0.457 e. The first-order valence-corrected chi connectivity index (χ1v) is 19.5. The number of aliphatic hydroxyl groups is 4. The van der Waals surface area contributed by atoms with E-state index in [4.69, 9.17) is 14.2 Å². The number of rotatable bonds is 10. The lowest BCUT2D eigenvalue weighted by atomic mass is 9.88. The van der Waals surface area contributed by atoms with Crippen molar-refractivity contribution < 1.29 is 44.2 Å². The van der Waals surface area contributed by atoms with Gasteiger partial charge in [0.25, 0.3) is 0 Å². The van der Waals surface area contributed by atoms with Crippen LogP contribution < -0.4 is 0 Å². The van der Waals surface area contributed by atoms with Crippen LogP contribution in [0, 0.1) is 11.8 Å². The molecule has 8 unspecified atom stereocenters. The zero-order valence-corrected chi connectivity index (χ0v) is 31.9. The summed E-state index contributed by atoms with van der Waals surface area (Å²) in [6, 6.07) is 0.581. The van der Waals surface area contributed by atoms with Crippen molar-refractivity contribution in [1.82, 2.24) is 9.80 Å². The Labute approximate surface area is 305 Å². The number of cyclic esters (lactones) is 1. The van der Waals surface area contributed by atoms with Crippen molar-refractivity contribution in [2.45, 2.75) is 166 Å². The van der Waals surface area contributed by atoms with Gasteiger partial charge in [-0.3, -0.25) is 9.69 Å². The molecule has 2 saturated heterocycles. The second-order valence-corrected chi connectivity index (χ2v) is 16.2. The molecule has 4 N–H and O–H groups in total. The Kier molecular flexibility index (Phi) is 15.2. The van der Waals surface area contributed by atoms with Gasteiger partial charge in [-0.25, -0.2) is 4.79 Å². The van der Waals surface area contributed by atoms with Crippen molar-refractivity contribution in [1.29, 1.82) is 0 Å². The van der Waals surface area contributed by atoms with E-state index in [-0.39, 0.29) is 43.3 Å². The average Bonchev–Trinajstić information content (AvgIpc) is 3.89. The molecule has 51 heavy (non-hydrogen) atoms. The highest BCUT2D eigenvalue weighted by atomic mass is 16.6. The van der Waals surface area contributed by atoms with E-state index >= 15 is 0 Å². The highest BCUT2D eigenvalue weighted by Crippen LogP contribution is 2.37. The molecule has 3 aliphatic heterocycles. The quantitative estimate of drug-likeness (QED) is 0.0794. The monoisotopic (exact) mass is 718 g/mol. The predicted molar refractivity (Wildman–Crippen MR) is 196 cm³/mol. The Hall–Kier alpha value is -2.28. The molecule has 1 aliphatic carbocycles. The Morgan fingerprint density at radius 2 is 1.80 bits per heavy atom. The van der Waals surface area contributed by atoms with E-state index in [1.54, 1.807) is 49.1 Å². The van der Waals surface area contributed by atoms with Crippen LogP contribution in [0.15, 0.2) is 36.0 Å². The van der Waals surface area contributed by atoms with Crippen LogP contribution in [0.5, 0.6) is 0 Å². The van der Waals surface area contributed by atoms with Gasteiger partial charge in [0, 0.05) is 50.5 Å². The fraction of sp³-hybridized carbons (Fsp3) is 0.800. The molecule has 0 aromatic heterocycles. The number of hydrogen-bond donors (Lipinski definition) is 4. The van der Waals surface area contributed by atoms with Crippen LogP contribution in [-0.2, 0) is 19.0 Å². The molecular formula is C40H66N2O9. The molecule has 0 spiro atoms. The summed E-state index contributed by atoms with van der Waals surface area (Å²) >= 11 is 0. The van der Waals surface area contributed by atoms with Crippen molar-refractivity contribution in [2.75, 3.05) is 26.2 Å². The Morgan fingerprint density at radius 1 is 1.14 bits per heavy atom. The first-order valence-electron chi connectivity index (χ1n) is 19.5. The zero-order valence-electron chi connectivity index (χ0n) is 31.9. The molecule has 3 heterocycles. The van der Waals surface area contributed by atoms with Crippen molar-refractivity contribution >= 4 is 12.1 Å². The highest BCUT2D eigenvalue weighted by molar-refractivity contribution is 5.70. The van der Waals surface area contributed by atoms with E-state index in [9.17, 15) is 30.0 Å². The maximum atomic E-state index is 13.5. The molecule has 1 saturated carbocycles. The van der Waals surface area contributed by atoms with Crippen LogP contribution in [0.1, 0.15) is 112 Å². The third-order valence-corrected chi connectivity index (χ3v) is 11.5. The minimum absolute atomic E-state index is 0.0102. The van der Waals surface area contributed by atoms with Gasteiger partial charge in [-0.1, -0.05) is 70.8 Å². The maximum absolute atomic E-state index is 13.5. The van der Waals surface area contributed by atoms with Crippen molar-refractivity contribution in [2.24, 2.45) is 11.8 Å². The first-order chi connectivity index (χ1) is 24.1. The summed E-state index contributed by atoms with van der Waals surface area (Å²) in [6.45, 7) is 13.7. The predicted octanol–water partition coefficient (Wildman–Crippen LogP) is 5.05. The van der Waals surface area contributed by atoms with Crippen molar-refractivity contribution in [3.63, 3.8) is 0 Å². The summed E-state index contributed by atoms with van der Waals surface area (Å²) in [6.07, 6.45) is 13.4. The third kappa shape index (κ3) is 12.4. The summed E-state index contributed by atoms with van der Waals surface area (Å²) in [5.41, 5.74) is -1.92. The largest absolute Gasteiger partial charge is 0.457 e. The van der Waals surface area contributed by atoms with E-state index in [1.807, 2.05) is 27.7 Å². The summed E-state index contributed by atoms with van der Waals surface area (Å²) in [4.78, 5) is 30.6. The molecule has 0 bridgehead atoms. The summed E-state index contributed by atoms with van der Waals surface area (Å²) in [5, 5.41) is 43.4. The van der Waals surface area contributed by atoms with Crippen molar-refractivity contribution in [3.8, 4) is 0 Å². The third-order valence-electron chi connectivity index (χ3n) is 11.5. The number of nitrogens with zero attached hydrogens (tertiary/aromatic N) is 2. The minimum atomic E-state index is -1.48. The van der Waals surface area contributed by atoms with Gasteiger partial charge in [0.2, 0.25) is 0 Å². The number of carbonyl (C=O) groups is 2. The SMILES string of the molecule is CC[C@@H](O)C(C)C1OC1CC(C)(O)/C=C/C=C(\C)C1OC(=O)CC(O)CCC(C)(O)C(OC(=O)N2CCN(C3CCCCCC3)CC2)/C=C/[C@@H]1C. The molecule has 0 radical (unpaired) electrons. The van der Waals surface area contributed by atoms with Crippen LogP contribution in [0.25, 0.3) is 0 Å². The topological polar surface area (TPSA) is 153 Å². The van der Waals surface area contributed by atoms with Gasteiger partial charge in [0.15, 0.2) is 6.10 Å². The van der Waals surface area contributed by atoms with Gasteiger partial charge in [0.1, 0.15) is 11.7 Å². The number of allylic oxidation sites excluding steroid dienone is 2. The molecule has 4 aliphatic rings. The van der Waals surface area contributed by atoms with E-state index < -0.39 is 47.7 Å². The van der Waals surface area contributed by atoms with Crippen LogP contribution in [-0.4, -0.2) is 122 Å². The second-order valence-electron chi connectivity index (χ2n) is 16.2. The molecular weight excluding hydrogens is 652 g/mol. The van der Waals surface area contributed by atoms with Crippen LogP contribution >= 0.6 is 0 Å². The van der Waals surface area contributed by atoms with E-state index in [0.717, 1.165) is 13.1 Å². The van der Waals surface area contributed by atoms with Gasteiger partial charge in [-0.2, -0.15) is 0 Å². The number of amides is 1. The average molecular weight is 719 g/mol. The standard InChI is InChI=1S/C40H66N2O9/c1-7-32(44)29(4)37-33(49-37)26-39(5,47)19-12-13-27(2)36-28(3)16-17-34(40(6,48)20-18-31(43)25-35(45)51-36)50-38(46)42-23-21-41(22-24-42)30-14-10-8-9-11-15-30/h12-13,16-17,19,28-34,36-37,43-44,47-48H,7-11,14-15,18,20-26H2,1-6H3/b17-16+,19-12+,27-13+/t28-,29?,31?,32+,33?,34?,36?,37?,39?,40?/m0/s1. The fourth-order valence-corrected chi connectivity index (χ4v) is 7.88. The lowest BCUT2D eigenvalue weighted by molar-refractivity contribution is -0.151. The van der Waals surface area contributed by atoms with Gasteiger partial charge in [-0.15, -0.1) is 0 Å². The van der Waals surface area contributed by atoms with Gasteiger partial charge in [-0.05, 0) is 64.5 Å². The fourth-order valence-electron chi connectivity index (χ4n) is 7.88. The van der Waals surface area contributed by atoms with Gasteiger partial charge >= 0.3 is 12.1 Å². The number of carbonyl (C=O) groups excluding carboxylic acids is 2. The van der Waals surface area contributed by atoms with Crippen molar-refractivity contribution in [3.05, 3.63) is 36.0 Å². The molecule has 11 nitrogen and oxygen atoms in total. The number of esters is 1. The lowest BCUT2D eigenvalue weighted by Gasteiger charge is -2.40. The summed E-state index contributed by atoms with van der Waals surface area (Å²) < 4.78 is 17.7. The molecule has 290 valence electrons. The summed E-state index contributed by atoms with van der Waals surface area (Å²) in [7, 11) is 0. The van der Waals surface area contributed by atoms with Crippen LogP contribution in [0.3, 0.4) is 0 Å². The number of piperazine rings is 1. The smallest absolute Gasteiger partial charge is 0.410 e. The van der Waals surface area contributed by atoms with Gasteiger partial charge < -0.3 is 39.5 Å². The molecule has 4 rings (SSSR count). The summed E-state index contributed by atoms with van der Waals surface area (Å²) in [5.74, 6) is -0.935. The van der Waals surface area contributed by atoms with Crippen LogP contribution in [0.4, 0.5) is 4.79 Å². The van der Waals surface area contributed by atoms with E-state index in [1.165, 1.54) is 38.5 Å². The Bertz CT molecular complexity index is 1220. The van der Waals surface area contributed by atoms with Crippen LogP contribution in [0.2, 0.25) is 0 Å². The first kappa shape index (κ1) is 41.5. The molecule has 3 fully saturated rings. The molecule has 0 aromatic rings. The molecule has 10 atom stereocenters. The van der Waals surface area contributed by atoms with E-state index in [0.29, 0.717) is 37.5 Å². The molecule has 11 heteroatoms. The molecule has 1 amide bonds. The number of hydrogen-bond acceptors (Lipinski definition) is 10. The normalized spacial score (nSPS) is 35.5. The Balaban J connectivity index is 1.42. The number of ether oxygens (including phenoxy) is 3. The second kappa shape index (κ2) is 18.7. The lowest BCUT2D eigenvalue weighted by Crippen LogP contribution is -2.53. The highest BCUT2D eigenvalue weighted by Gasteiger charge is 2.47. The maximum Gasteiger partial charge on any atom is 0.410 e. The van der Waals surface area contributed by atoms with E-state index in [2.05, 4.69) is 4.90 Å². The number of epoxide rings is 1. The number of aliphatic hydroxyl groups excluding tert-OH is 2. The Morgan fingerprint density at radius 3 is 2.45 bits per heavy atom. The zero-order chi connectivity index (χ0) is 37.3. The van der Waals surface area contributed by atoms with Gasteiger partial charge in [0.05, 0.1) is 36.4 Å².